The van der Waals surface area contributed by atoms with Gasteiger partial charge in [-0.25, -0.2) is 0 Å². The number of terminal acetylenes is 1. The van der Waals surface area contributed by atoms with Crippen molar-refractivity contribution < 1.29 is 9.72 Å². The maximum atomic E-state index is 12.5. The molecule has 1 amide bonds. The minimum absolute atomic E-state index is 0.0720. The van der Waals surface area contributed by atoms with Crippen molar-refractivity contribution in [1.82, 2.24) is 0 Å². The fourth-order valence-corrected chi connectivity index (χ4v) is 1.95. The molecule has 0 bridgehead atoms. The van der Waals surface area contributed by atoms with Gasteiger partial charge in [-0.05, 0) is 24.3 Å². The first-order chi connectivity index (χ1) is 10.4. The zero-order chi connectivity index (χ0) is 16.3. The van der Waals surface area contributed by atoms with Crippen LogP contribution in [0.25, 0.3) is 0 Å². The number of nitro groups is 1. The molecule has 2 aromatic rings. The molecule has 2 aromatic carbocycles. The van der Waals surface area contributed by atoms with E-state index >= 15 is 0 Å². The summed E-state index contributed by atoms with van der Waals surface area (Å²) in [6, 6.07) is 10.6. The molecule has 0 aliphatic rings. The normalized spacial score (nSPS) is 9.82. The molecule has 6 nitrogen and oxygen atoms in total. The summed E-state index contributed by atoms with van der Waals surface area (Å²) in [5.41, 5.74) is 7.02. The number of hydrogen-bond acceptors (Lipinski definition) is 4. The predicted octanol–water partition coefficient (Wildman–Crippen LogP) is 2.43. The molecule has 0 heterocycles. The third kappa shape index (κ3) is 2.88. The van der Waals surface area contributed by atoms with Gasteiger partial charge in [0.25, 0.3) is 11.6 Å². The number of hydrogen-bond donors (Lipinski definition) is 1. The highest BCUT2D eigenvalue weighted by molar-refractivity contribution is 6.09. The number of amides is 1. The predicted molar refractivity (Wildman–Crippen MR) is 84.6 cm³/mol. The van der Waals surface area contributed by atoms with Crippen LogP contribution in [0, 0.1) is 22.5 Å². The van der Waals surface area contributed by atoms with Crippen LogP contribution in [0.15, 0.2) is 42.5 Å². The minimum Gasteiger partial charge on any atom is -0.398 e. The van der Waals surface area contributed by atoms with E-state index in [0.29, 0.717) is 11.3 Å². The Labute approximate surface area is 127 Å². The molecule has 0 aromatic heterocycles. The Kier molecular flexibility index (Phi) is 4.09. The van der Waals surface area contributed by atoms with Crippen LogP contribution in [0.2, 0.25) is 0 Å². The van der Waals surface area contributed by atoms with Gasteiger partial charge in [-0.15, -0.1) is 6.42 Å². The van der Waals surface area contributed by atoms with Gasteiger partial charge in [0, 0.05) is 36.1 Å². The van der Waals surface area contributed by atoms with Crippen LogP contribution in [0.3, 0.4) is 0 Å². The number of nitro benzene ring substituents is 1. The highest BCUT2D eigenvalue weighted by Gasteiger charge is 2.19. The second-order valence-corrected chi connectivity index (χ2v) is 4.59. The number of carbonyl (C=O) groups excluding carboxylic acids is 1. The van der Waals surface area contributed by atoms with E-state index in [1.54, 1.807) is 31.3 Å². The van der Waals surface area contributed by atoms with Gasteiger partial charge in [0.05, 0.1) is 10.5 Å². The van der Waals surface area contributed by atoms with Crippen molar-refractivity contribution >= 4 is 23.0 Å². The van der Waals surface area contributed by atoms with Gasteiger partial charge in [0.1, 0.15) is 0 Å². The van der Waals surface area contributed by atoms with Crippen molar-refractivity contribution in [2.45, 2.75) is 0 Å². The fourth-order valence-electron chi connectivity index (χ4n) is 1.95. The number of benzene rings is 2. The summed E-state index contributed by atoms with van der Waals surface area (Å²) in [6.07, 6.45) is 5.33. The van der Waals surface area contributed by atoms with Crippen molar-refractivity contribution in [3.63, 3.8) is 0 Å². The van der Waals surface area contributed by atoms with E-state index < -0.39 is 10.8 Å². The summed E-state index contributed by atoms with van der Waals surface area (Å²) < 4.78 is 0. The molecule has 0 spiro atoms. The zero-order valence-corrected chi connectivity index (χ0v) is 11.8. The van der Waals surface area contributed by atoms with E-state index in [9.17, 15) is 14.9 Å². The van der Waals surface area contributed by atoms with Crippen LogP contribution < -0.4 is 10.6 Å². The zero-order valence-electron chi connectivity index (χ0n) is 11.8. The van der Waals surface area contributed by atoms with Crippen LogP contribution in [-0.4, -0.2) is 17.9 Å². The molecule has 0 aliphatic carbocycles. The molecule has 0 saturated heterocycles. The van der Waals surface area contributed by atoms with Crippen molar-refractivity contribution in [3.8, 4) is 12.3 Å². The molecule has 0 unspecified atom stereocenters. The Balaban J connectivity index is 2.40. The quantitative estimate of drug-likeness (QED) is 0.407. The van der Waals surface area contributed by atoms with E-state index in [0.717, 1.165) is 0 Å². The lowest BCUT2D eigenvalue weighted by Crippen LogP contribution is -2.27. The third-order valence-corrected chi connectivity index (χ3v) is 3.18. The van der Waals surface area contributed by atoms with Crippen LogP contribution in [0.1, 0.15) is 15.9 Å². The Morgan fingerprint density at radius 1 is 1.32 bits per heavy atom. The van der Waals surface area contributed by atoms with E-state index in [4.69, 9.17) is 12.2 Å². The number of nitrogen functional groups attached to an aromatic ring is 1. The second kappa shape index (κ2) is 5.97. The summed E-state index contributed by atoms with van der Waals surface area (Å²) >= 11 is 0. The first kappa shape index (κ1) is 15.1. The molecule has 2 N–H and O–H groups in total. The van der Waals surface area contributed by atoms with Crippen molar-refractivity contribution in [2.24, 2.45) is 0 Å². The van der Waals surface area contributed by atoms with E-state index in [2.05, 4.69) is 5.92 Å². The number of nitrogens with two attached hydrogens (primary N) is 1. The molecule has 0 saturated carbocycles. The van der Waals surface area contributed by atoms with Gasteiger partial charge in [-0.2, -0.15) is 0 Å². The molecule has 0 aliphatic heterocycles. The maximum Gasteiger partial charge on any atom is 0.270 e. The van der Waals surface area contributed by atoms with Gasteiger partial charge < -0.3 is 10.6 Å². The molecular weight excluding hydrogens is 282 g/mol. The molecule has 110 valence electrons. The van der Waals surface area contributed by atoms with Gasteiger partial charge in [-0.1, -0.05) is 12.0 Å². The van der Waals surface area contributed by atoms with E-state index in [-0.39, 0.29) is 16.9 Å². The summed E-state index contributed by atoms with van der Waals surface area (Å²) in [4.78, 5) is 24.1. The summed E-state index contributed by atoms with van der Waals surface area (Å²) in [5, 5.41) is 10.8. The van der Waals surface area contributed by atoms with Crippen LogP contribution in [0.5, 0.6) is 0 Å². The number of nitrogens with zero attached hydrogens (tertiary/aromatic N) is 2. The Morgan fingerprint density at radius 3 is 2.68 bits per heavy atom. The van der Waals surface area contributed by atoms with Crippen LogP contribution in [-0.2, 0) is 0 Å². The number of carbonyl (C=O) groups is 1. The third-order valence-electron chi connectivity index (χ3n) is 3.18. The second-order valence-electron chi connectivity index (χ2n) is 4.59. The summed E-state index contributed by atoms with van der Waals surface area (Å²) in [7, 11) is 1.55. The van der Waals surface area contributed by atoms with Crippen LogP contribution in [0.4, 0.5) is 17.1 Å². The smallest absolute Gasteiger partial charge is 0.270 e. The molecule has 6 heteroatoms. The Hall–Kier alpha value is -3.33. The SMILES string of the molecule is C#Cc1cccc(N(C)C(=O)c2cc([N+](=O)[O-])ccc2N)c1. The number of non-ortho nitro benzene ring substituents is 1. The summed E-state index contributed by atoms with van der Waals surface area (Å²) in [5.74, 6) is 2.04. The minimum atomic E-state index is -0.574. The molecule has 0 fully saturated rings. The van der Waals surface area contributed by atoms with Crippen LogP contribution >= 0.6 is 0 Å². The Bertz CT molecular complexity index is 793. The van der Waals surface area contributed by atoms with Gasteiger partial charge in [0.2, 0.25) is 0 Å². The Morgan fingerprint density at radius 2 is 2.05 bits per heavy atom. The van der Waals surface area contributed by atoms with Crippen molar-refractivity contribution in [3.05, 3.63) is 63.7 Å². The molecule has 2 rings (SSSR count). The molecule has 0 atom stereocenters. The molecular formula is C16H13N3O3. The molecule has 0 radical (unpaired) electrons. The summed E-state index contributed by atoms with van der Waals surface area (Å²) in [6.45, 7) is 0. The maximum absolute atomic E-state index is 12.5. The van der Waals surface area contributed by atoms with Gasteiger partial charge in [-0.3, -0.25) is 14.9 Å². The lowest BCUT2D eigenvalue weighted by molar-refractivity contribution is -0.384. The first-order valence-corrected chi connectivity index (χ1v) is 6.32. The van der Waals surface area contributed by atoms with Crippen molar-refractivity contribution in [1.29, 1.82) is 0 Å². The van der Waals surface area contributed by atoms with E-state index in [1.807, 2.05) is 0 Å². The average molecular weight is 295 g/mol. The highest BCUT2D eigenvalue weighted by atomic mass is 16.6. The lowest BCUT2D eigenvalue weighted by Gasteiger charge is -2.18. The van der Waals surface area contributed by atoms with E-state index in [1.165, 1.54) is 23.1 Å². The molecule has 22 heavy (non-hydrogen) atoms. The number of anilines is 2. The number of rotatable bonds is 3. The fraction of sp³-hybridized carbons (Fsp3) is 0.0625. The topological polar surface area (TPSA) is 89.5 Å². The monoisotopic (exact) mass is 295 g/mol. The highest BCUT2D eigenvalue weighted by Crippen LogP contribution is 2.23. The lowest BCUT2D eigenvalue weighted by atomic mass is 10.1. The van der Waals surface area contributed by atoms with Gasteiger partial charge >= 0.3 is 0 Å². The largest absolute Gasteiger partial charge is 0.398 e. The average Bonchev–Trinajstić information content (AvgIpc) is 2.53. The van der Waals surface area contributed by atoms with Gasteiger partial charge in [0.15, 0.2) is 0 Å². The first-order valence-electron chi connectivity index (χ1n) is 6.32. The van der Waals surface area contributed by atoms with Crippen molar-refractivity contribution in [2.75, 3.05) is 17.7 Å². The standard InChI is InChI=1S/C16H13N3O3/c1-3-11-5-4-6-12(9-11)18(2)16(20)14-10-13(19(21)22)7-8-15(14)17/h1,4-10H,17H2,2H3.